The molecular weight excluding hydrogens is 282 g/mol. The maximum atomic E-state index is 12.1. The molecule has 5 heteroatoms. The van der Waals surface area contributed by atoms with Crippen molar-refractivity contribution in [2.45, 2.75) is 58.9 Å². The number of rotatable bonds is 6. The fourth-order valence-electron chi connectivity index (χ4n) is 4.04. The van der Waals surface area contributed by atoms with Gasteiger partial charge in [0.05, 0.1) is 5.75 Å². The Morgan fingerprint density at radius 1 is 1.26 bits per heavy atom. The highest BCUT2D eigenvalue weighted by Crippen LogP contribution is 2.65. The highest BCUT2D eigenvalue weighted by molar-refractivity contribution is 7.89. The van der Waals surface area contributed by atoms with E-state index in [4.69, 9.17) is 11.6 Å². The first-order valence-corrected chi connectivity index (χ1v) is 9.47. The van der Waals surface area contributed by atoms with E-state index in [1.54, 1.807) is 0 Å². The molecule has 2 fully saturated rings. The summed E-state index contributed by atoms with van der Waals surface area (Å²) in [7, 11) is -3.16. The summed E-state index contributed by atoms with van der Waals surface area (Å²) < 4.78 is 27.2. The van der Waals surface area contributed by atoms with Crippen LogP contribution in [0.15, 0.2) is 0 Å². The molecule has 0 saturated heterocycles. The second-order valence-corrected chi connectivity index (χ2v) is 9.25. The summed E-state index contributed by atoms with van der Waals surface area (Å²) in [6.45, 7) is 6.85. The van der Waals surface area contributed by atoms with E-state index in [0.717, 1.165) is 19.3 Å². The zero-order valence-corrected chi connectivity index (χ0v) is 13.8. The first kappa shape index (κ1) is 15.6. The Hall–Kier alpha value is 0.200. The van der Waals surface area contributed by atoms with Crippen LogP contribution in [0.2, 0.25) is 0 Å². The number of alkyl halides is 1. The van der Waals surface area contributed by atoms with E-state index in [1.807, 2.05) is 0 Å². The van der Waals surface area contributed by atoms with Gasteiger partial charge in [-0.3, -0.25) is 0 Å². The molecule has 2 saturated carbocycles. The fraction of sp³-hybridized carbons (Fsp3) is 1.00. The smallest absolute Gasteiger partial charge is 0.211 e. The largest absolute Gasteiger partial charge is 0.212 e. The number of nitrogens with one attached hydrogen (secondary N) is 1. The van der Waals surface area contributed by atoms with E-state index in [0.29, 0.717) is 18.2 Å². The Morgan fingerprint density at radius 2 is 1.95 bits per heavy atom. The van der Waals surface area contributed by atoms with E-state index < -0.39 is 10.0 Å². The van der Waals surface area contributed by atoms with Gasteiger partial charge in [-0.2, -0.15) is 0 Å². The summed E-state index contributed by atoms with van der Waals surface area (Å²) in [6, 6.07) is 0.113. The second kappa shape index (κ2) is 5.19. The molecule has 0 aromatic rings. The number of hydrogen-bond donors (Lipinski definition) is 1. The SMILES string of the molecule is CC1(C)C2CCC1(C)C(NS(=O)(=O)CCCCCl)C2. The van der Waals surface area contributed by atoms with Crippen molar-refractivity contribution in [1.82, 2.24) is 4.72 Å². The summed E-state index contributed by atoms with van der Waals surface area (Å²) in [6.07, 6.45) is 4.79. The molecule has 2 aliphatic carbocycles. The monoisotopic (exact) mass is 307 g/mol. The summed E-state index contributed by atoms with van der Waals surface area (Å²) in [5.41, 5.74) is 0.355. The number of unbranched alkanes of at least 4 members (excludes halogenated alkanes) is 1. The average Bonchev–Trinajstić information content (AvgIpc) is 2.62. The van der Waals surface area contributed by atoms with Gasteiger partial charge in [-0.25, -0.2) is 13.1 Å². The minimum atomic E-state index is -3.16. The average molecular weight is 308 g/mol. The zero-order valence-electron chi connectivity index (χ0n) is 12.2. The first-order chi connectivity index (χ1) is 8.73. The fourth-order valence-corrected chi connectivity index (χ4v) is 5.73. The number of fused-ring (bicyclic) bond motifs is 2. The van der Waals surface area contributed by atoms with Gasteiger partial charge < -0.3 is 0 Å². The van der Waals surface area contributed by atoms with Crippen molar-refractivity contribution in [1.29, 1.82) is 0 Å². The van der Waals surface area contributed by atoms with Gasteiger partial charge in [-0.05, 0) is 48.9 Å². The maximum Gasteiger partial charge on any atom is 0.211 e. The Morgan fingerprint density at radius 3 is 2.42 bits per heavy atom. The van der Waals surface area contributed by atoms with E-state index in [2.05, 4.69) is 25.5 Å². The van der Waals surface area contributed by atoms with Crippen LogP contribution in [0, 0.1) is 16.7 Å². The van der Waals surface area contributed by atoms with Crippen LogP contribution in [-0.4, -0.2) is 26.1 Å². The lowest BCUT2D eigenvalue weighted by Crippen LogP contribution is -2.47. The van der Waals surface area contributed by atoms with Crippen LogP contribution in [0.3, 0.4) is 0 Å². The molecule has 3 atom stereocenters. The van der Waals surface area contributed by atoms with Gasteiger partial charge in [0, 0.05) is 11.9 Å². The normalized spacial score (nSPS) is 36.8. The third kappa shape index (κ3) is 2.68. The minimum Gasteiger partial charge on any atom is -0.212 e. The predicted molar refractivity (Wildman–Crippen MR) is 79.9 cm³/mol. The van der Waals surface area contributed by atoms with Crippen molar-refractivity contribution < 1.29 is 8.42 Å². The Bertz CT molecular complexity index is 435. The molecule has 0 heterocycles. The lowest BCUT2D eigenvalue weighted by atomic mass is 9.69. The molecule has 0 aromatic carbocycles. The standard InChI is InChI=1S/C14H26ClNO2S/c1-13(2)11-6-7-14(13,3)12(10-11)16-19(17,18)9-5-4-8-15/h11-12,16H,4-10H2,1-3H3. The van der Waals surface area contributed by atoms with Gasteiger partial charge >= 0.3 is 0 Å². The van der Waals surface area contributed by atoms with Crippen LogP contribution in [0.1, 0.15) is 52.9 Å². The first-order valence-electron chi connectivity index (χ1n) is 7.29. The van der Waals surface area contributed by atoms with E-state index in [1.165, 1.54) is 6.42 Å². The molecule has 3 unspecified atom stereocenters. The summed E-state index contributed by atoms with van der Waals surface area (Å²) in [4.78, 5) is 0. The highest BCUT2D eigenvalue weighted by atomic mass is 35.5. The molecule has 0 aromatic heterocycles. The van der Waals surface area contributed by atoms with Crippen molar-refractivity contribution in [2.75, 3.05) is 11.6 Å². The van der Waals surface area contributed by atoms with Gasteiger partial charge in [-0.15, -0.1) is 11.6 Å². The van der Waals surface area contributed by atoms with Crippen molar-refractivity contribution in [3.63, 3.8) is 0 Å². The van der Waals surface area contributed by atoms with Crippen LogP contribution in [-0.2, 0) is 10.0 Å². The molecule has 2 aliphatic rings. The quantitative estimate of drug-likeness (QED) is 0.605. The predicted octanol–water partition coefficient (Wildman–Crippen LogP) is 3.14. The summed E-state index contributed by atoms with van der Waals surface area (Å²) >= 11 is 5.60. The number of halogens is 1. The van der Waals surface area contributed by atoms with Crippen molar-refractivity contribution in [3.05, 3.63) is 0 Å². The van der Waals surface area contributed by atoms with Gasteiger partial charge in [0.25, 0.3) is 0 Å². The van der Waals surface area contributed by atoms with Crippen LogP contribution in [0.4, 0.5) is 0 Å². The molecule has 1 N–H and O–H groups in total. The Labute approximate surface area is 122 Å². The van der Waals surface area contributed by atoms with E-state index in [-0.39, 0.29) is 22.6 Å². The Balaban J connectivity index is 2.02. The third-order valence-corrected chi connectivity index (χ3v) is 7.65. The molecule has 0 aliphatic heterocycles. The molecule has 3 nitrogen and oxygen atoms in total. The van der Waals surface area contributed by atoms with Crippen molar-refractivity contribution in [3.8, 4) is 0 Å². The lowest BCUT2D eigenvalue weighted by molar-refractivity contribution is 0.130. The topological polar surface area (TPSA) is 46.2 Å². The van der Waals surface area contributed by atoms with Gasteiger partial charge in [-0.1, -0.05) is 20.8 Å². The molecule has 2 bridgehead atoms. The van der Waals surface area contributed by atoms with E-state index in [9.17, 15) is 8.42 Å². The molecule has 0 amide bonds. The summed E-state index contributed by atoms with van der Waals surface area (Å²) in [5.74, 6) is 1.40. The van der Waals surface area contributed by atoms with Crippen molar-refractivity contribution in [2.24, 2.45) is 16.7 Å². The molecule has 0 radical (unpaired) electrons. The molecule has 112 valence electrons. The Kier molecular flexibility index (Phi) is 4.26. The molecule has 0 spiro atoms. The second-order valence-electron chi connectivity index (χ2n) is 7.00. The van der Waals surface area contributed by atoms with Crippen molar-refractivity contribution >= 4 is 21.6 Å². The van der Waals surface area contributed by atoms with Gasteiger partial charge in [0.2, 0.25) is 10.0 Å². The van der Waals surface area contributed by atoms with Crippen LogP contribution in [0.5, 0.6) is 0 Å². The van der Waals surface area contributed by atoms with Crippen LogP contribution in [0.25, 0.3) is 0 Å². The molecular formula is C14H26ClNO2S. The number of sulfonamides is 1. The van der Waals surface area contributed by atoms with Crippen LogP contribution >= 0.6 is 11.6 Å². The minimum absolute atomic E-state index is 0.108. The lowest BCUT2D eigenvalue weighted by Gasteiger charge is -2.39. The van der Waals surface area contributed by atoms with E-state index >= 15 is 0 Å². The molecule has 19 heavy (non-hydrogen) atoms. The van der Waals surface area contributed by atoms with Gasteiger partial charge in [0.1, 0.15) is 0 Å². The highest BCUT2D eigenvalue weighted by Gasteiger charge is 2.61. The maximum absolute atomic E-state index is 12.1. The van der Waals surface area contributed by atoms with Crippen LogP contribution < -0.4 is 4.72 Å². The number of hydrogen-bond acceptors (Lipinski definition) is 2. The summed E-state index contributed by atoms with van der Waals surface area (Å²) in [5, 5.41) is 0. The third-order valence-electron chi connectivity index (χ3n) is 5.91. The van der Waals surface area contributed by atoms with Gasteiger partial charge in [0.15, 0.2) is 0 Å². The molecule has 2 rings (SSSR count). The zero-order chi connectivity index (χ0) is 14.3.